The van der Waals surface area contributed by atoms with Crippen molar-refractivity contribution < 1.29 is 4.74 Å². The van der Waals surface area contributed by atoms with Crippen molar-refractivity contribution in [3.63, 3.8) is 0 Å². The second-order valence-corrected chi connectivity index (χ2v) is 6.40. The van der Waals surface area contributed by atoms with Crippen molar-refractivity contribution in [3.05, 3.63) is 11.9 Å². The first-order chi connectivity index (χ1) is 9.51. The Hall–Kier alpha value is -1.36. The minimum absolute atomic E-state index is 0.242. The number of nitrogens with two attached hydrogens (primary N) is 1. The van der Waals surface area contributed by atoms with Gasteiger partial charge in [-0.1, -0.05) is 27.7 Å². The lowest BCUT2D eigenvalue weighted by Gasteiger charge is -2.32. The Morgan fingerprint density at radius 3 is 2.40 bits per heavy atom. The molecule has 0 aromatic carbocycles. The van der Waals surface area contributed by atoms with E-state index in [0.717, 1.165) is 18.4 Å². The van der Waals surface area contributed by atoms with Gasteiger partial charge in [0.05, 0.1) is 5.56 Å². The summed E-state index contributed by atoms with van der Waals surface area (Å²) in [6.45, 7) is 8.78. The van der Waals surface area contributed by atoms with E-state index in [1.54, 1.807) is 0 Å². The molecule has 5 heteroatoms. The highest BCUT2D eigenvalue weighted by Gasteiger charge is 2.27. The van der Waals surface area contributed by atoms with Crippen LogP contribution in [0.5, 0.6) is 5.88 Å². The third-order valence-corrected chi connectivity index (χ3v) is 3.97. The van der Waals surface area contributed by atoms with Gasteiger partial charge in [-0.25, -0.2) is 15.8 Å². The smallest absolute Gasteiger partial charge is 0.222 e. The van der Waals surface area contributed by atoms with E-state index in [1.807, 2.05) is 0 Å². The second kappa shape index (κ2) is 6.39. The molecule has 1 fully saturated rings. The van der Waals surface area contributed by atoms with Crippen LogP contribution in [-0.4, -0.2) is 16.1 Å². The first kappa shape index (κ1) is 15.0. The standard InChI is InChI=1S/C15H26N4O/c1-9(2)13-14(19-16)17-8-18-15(13)20-12-6-10(3)5-11(4)7-12/h8-12H,5-7,16H2,1-4H3,(H,17,18,19). The van der Waals surface area contributed by atoms with Crippen molar-refractivity contribution in [2.45, 2.75) is 59.0 Å². The number of hydrogen-bond acceptors (Lipinski definition) is 5. The van der Waals surface area contributed by atoms with Crippen molar-refractivity contribution >= 4 is 5.82 Å². The van der Waals surface area contributed by atoms with Gasteiger partial charge in [0.15, 0.2) is 5.82 Å². The average molecular weight is 278 g/mol. The summed E-state index contributed by atoms with van der Waals surface area (Å²) in [6, 6.07) is 0. The molecule has 20 heavy (non-hydrogen) atoms. The topological polar surface area (TPSA) is 73.1 Å². The molecule has 0 spiro atoms. The van der Waals surface area contributed by atoms with Crippen LogP contribution in [0.4, 0.5) is 5.82 Å². The third-order valence-electron chi connectivity index (χ3n) is 3.97. The quantitative estimate of drug-likeness (QED) is 0.654. The molecule has 112 valence electrons. The van der Waals surface area contributed by atoms with Gasteiger partial charge in [-0.05, 0) is 37.0 Å². The number of aromatic nitrogens is 2. The molecule has 1 heterocycles. The Morgan fingerprint density at radius 1 is 1.20 bits per heavy atom. The molecule has 2 unspecified atom stereocenters. The van der Waals surface area contributed by atoms with Crippen LogP contribution in [0.25, 0.3) is 0 Å². The first-order valence-electron chi connectivity index (χ1n) is 7.49. The van der Waals surface area contributed by atoms with Crippen LogP contribution in [-0.2, 0) is 0 Å². The number of hydrogen-bond donors (Lipinski definition) is 2. The number of ether oxygens (including phenoxy) is 1. The number of hydrazine groups is 1. The summed E-state index contributed by atoms with van der Waals surface area (Å²) in [6.07, 6.45) is 5.23. The lowest BCUT2D eigenvalue weighted by Crippen LogP contribution is -2.29. The third kappa shape index (κ3) is 3.39. The van der Waals surface area contributed by atoms with Crippen molar-refractivity contribution in [1.29, 1.82) is 0 Å². The minimum atomic E-state index is 0.242. The molecule has 0 amide bonds. The van der Waals surface area contributed by atoms with Crippen LogP contribution in [0.15, 0.2) is 6.33 Å². The van der Waals surface area contributed by atoms with Crippen molar-refractivity contribution in [2.75, 3.05) is 5.43 Å². The van der Waals surface area contributed by atoms with E-state index in [1.165, 1.54) is 12.7 Å². The van der Waals surface area contributed by atoms with Crippen molar-refractivity contribution in [3.8, 4) is 5.88 Å². The minimum Gasteiger partial charge on any atom is -0.474 e. The monoisotopic (exact) mass is 278 g/mol. The molecular formula is C15H26N4O. The molecule has 0 bridgehead atoms. The first-order valence-corrected chi connectivity index (χ1v) is 7.49. The van der Waals surface area contributed by atoms with Gasteiger partial charge in [0.1, 0.15) is 12.4 Å². The summed E-state index contributed by atoms with van der Waals surface area (Å²) in [7, 11) is 0. The largest absolute Gasteiger partial charge is 0.474 e. The van der Waals surface area contributed by atoms with E-state index in [-0.39, 0.29) is 12.0 Å². The van der Waals surface area contributed by atoms with Gasteiger partial charge in [-0.15, -0.1) is 0 Å². The van der Waals surface area contributed by atoms with Crippen LogP contribution in [0.3, 0.4) is 0 Å². The van der Waals surface area contributed by atoms with Crippen LogP contribution >= 0.6 is 0 Å². The molecule has 0 aliphatic heterocycles. The predicted octanol–water partition coefficient (Wildman–Crippen LogP) is 3.09. The van der Waals surface area contributed by atoms with Crippen LogP contribution in [0.1, 0.15) is 58.4 Å². The van der Waals surface area contributed by atoms with E-state index in [2.05, 4.69) is 43.1 Å². The molecule has 1 aliphatic carbocycles. The Labute approximate surface area is 121 Å². The highest BCUT2D eigenvalue weighted by Crippen LogP contribution is 2.34. The van der Waals surface area contributed by atoms with Crippen molar-refractivity contribution in [1.82, 2.24) is 9.97 Å². The van der Waals surface area contributed by atoms with E-state index < -0.39 is 0 Å². The van der Waals surface area contributed by atoms with Gasteiger partial charge in [-0.3, -0.25) is 0 Å². The number of nitrogen functional groups attached to an aromatic ring is 1. The van der Waals surface area contributed by atoms with Gasteiger partial charge in [0.25, 0.3) is 0 Å². The number of rotatable bonds is 4. The van der Waals surface area contributed by atoms with Gasteiger partial charge in [-0.2, -0.15) is 0 Å². The fraction of sp³-hybridized carbons (Fsp3) is 0.733. The highest BCUT2D eigenvalue weighted by molar-refractivity contribution is 5.49. The Morgan fingerprint density at radius 2 is 1.85 bits per heavy atom. The van der Waals surface area contributed by atoms with Crippen LogP contribution in [0.2, 0.25) is 0 Å². The lowest BCUT2D eigenvalue weighted by atomic mass is 9.82. The normalized spacial score (nSPS) is 26.6. The fourth-order valence-corrected chi connectivity index (χ4v) is 3.24. The molecule has 2 rings (SSSR count). The van der Waals surface area contributed by atoms with Crippen LogP contribution in [0, 0.1) is 11.8 Å². The molecule has 3 N–H and O–H groups in total. The number of nitrogens with zero attached hydrogens (tertiary/aromatic N) is 2. The van der Waals surface area contributed by atoms with Crippen LogP contribution < -0.4 is 16.0 Å². The number of anilines is 1. The van der Waals surface area contributed by atoms with Gasteiger partial charge in [0.2, 0.25) is 5.88 Å². The summed E-state index contributed by atoms with van der Waals surface area (Å²) < 4.78 is 6.18. The molecule has 0 radical (unpaired) electrons. The lowest BCUT2D eigenvalue weighted by molar-refractivity contribution is 0.0953. The van der Waals surface area contributed by atoms with Gasteiger partial charge < -0.3 is 10.2 Å². The van der Waals surface area contributed by atoms with E-state index >= 15 is 0 Å². The molecular weight excluding hydrogens is 252 g/mol. The molecule has 5 nitrogen and oxygen atoms in total. The van der Waals surface area contributed by atoms with Crippen molar-refractivity contribution in [2.24, 2.45) is 17.7 Å². The number of nitrogens with one attached hydrogen (secondary N) is 1. The molecule has 2 atom stereocenters. The Kier molecular flexibility index (Phi) is 4.81. The van der Waals surface area contributed by atoms with Gasteiger partial charge >= 0.3 is 0 Å². The molecule has 1 aromatic rings. The Bertz CT molecular complexity index is 439. The maximum Gasteiger partial charge on any atom is 0.222 e. The summed E-state index contributed by atoms with van der Waals surface area (Å²) in [5.74, 6) is 8.55. The second-order valence-electron chi connectivity index (χ2n) is 6.40. The molecule has 1 aliphatic rings. The summed E-state index contributed by atoms with van der Waals surface area (Å²) >= 11 is 0. The van der Waals surface area contributed by atoms with E-state index in [4.69, 9.17) is 10.6 Å². The zero-order valence-electron chi connectivity index (χ0n) is 12.9. The Balaban J connectivity index is 2.20. The predicted molar refractivity (Wildman–Crippen MR) is 80.5 cm³/mol. The highest BCUT2D eigenvalue weighted by atomic mass is 16.5. The fourth-order valence-electron chi connectivity index (χ4n) is 3.24. The zero-order valence-corrected chi connectivity index (χ0v) is 12.9. The molecule has 1 aromatic heterocycles. The van der Waals surface area contributed by atoms with E-state index in [0.29, 0.717) is 23.5 Å². The average Bonchev–Trinajstić information content (AvgIpc) is 2.36. The van der Waals surface area contributed by atoms with Gasteiger partial charge in [0, 0.05) is 0 Å². The van der Waals surface area contributed by atoms with E-state index in [9.17, 15) is 0 Å². The SMILES string of the molecule is CC1CC(C)CC(Oc2ncnc(NN)c2C(C)C)C1. The molecule has 1 saturated carbocycles. The maximum absolute atomic E-state index is 6.18. The zero-order chi connectivity index (χ0) is 14.7. The molecule has 0 saturated heterocycles. The summed E-state index contributed by atoms with van der Waals surface area (Å²) in [4.78, 5) is 8.50. The summed E-state index contributed by atoms with van der Waals surface area (Å²) in [5, 5.41) is 0. The summed E-state index contributed by atoms with van der Waals surface area (Å²) in [5.41, 5.74) is 3.60. The maximum atomic E-state index is 6.18.